The van der Waals surface area contributed by atoms with Gasteiger partial charge in [-0.25, -0.2) is 0 Å². The SMILES string of the molecule is O=C([O-])Cc1cc(Br)cc(Br)c1Br. The molecule has 0 aliphatic rings. The zero-order valence-corrected chi connectivity index (χ0v) is 11.1. The predicted molar refractivity (Wildman–Crippen MR) is 58.3 cm³/mol. The number of carbonyl (C=O) groups excluding carboxylic acids is 1. The third-order valence-electron chi connectivity index (χ3n) is 1.40. The van der Waals surface area contributed by atoms with E-state index >= 15 is 0 Å². The van der Waals surface area contributed by atoms with Crippen LogP contribution in [-0.4, -0.2) is 5.97 Å². The molecule has 0 aliphatic carbocycles. The Balaban J connectivity index is 3.12. The molecule has 0 amide bonds. The third kappa shape index (κ3) is 3.07. The van der Waals surface area contributed by atoms with Gasteiger partial charge in [-0.1, -0.05) is 15.9 Å². The van der Waals surface area contributed by atoms with Crippen LogP contribution in [-0.2, 0) is 11.2 Å². The fraction of sp³-hybridized carbons (Fsp3) is 0.125. The first-order valence-electron chi connectivity index (χ1n) is 3.34. The second-order valence-corrected chi connectivity index (χ2v) is 4.97. The first kappa shape index (κ1) is 11.2. The van der Waals surface area contributed by atoms with Crippen LogP contribution >= 0.6 is 47.8 Å². The van der Waals surface area contributed by atoms with Crippen molar-refractivity contribution in [2.24, 2.45) is 0 Å². The summed E-state index contributed by atoms with van der Waals surface area (Å²) >= 11 is 9.85. The van der Waals surface area contributed by atoms with Gasteiger partial charge in [-0.15, -0.1) is 0 Å². The molecule has 1 aromatic rings. The average Bonchev–Trinajstić information content (AvgIpc) is 1.98. The molecule has 0 heterocycles. The van der Waals surface area contributed by atoms with Gasteiger partial charge < -0.3 is 9.90 Å². The normalized spacial score (nSPS) is 10.1. The summed E-state index contributed by atoms with van der Waals surface area (Å²) in [5.41, 5.74) is 0.682. The zero-order valence-electron chi connectivity index (χ0n) is 6.31. The van der Waals surface area contributed by atoms with E-state index in [4.69, 9.17) is 0 Å². The van der Waals surface area contributed by atoms with Crippen molar-refractivity contribution in [2.45, 2.75) is 6.42 Å². The Morgan fingerprint density at radius 1 is 1.31 bits per heavy atom. The lowest BCUT2D eigenvalue weighted by Crippen LogP contribution is -2.24. The molecule has 0 bridgehead atoms. The van der Waals surface area contributed by atoms with E-state index in [0.29, 0.717) is 5.56 Å². The number of halogens is 3. The fourth-order valence-electron chi connectivity index (χ4n) is 0.893. The number of benzene rings is 1. The van der Waals surface area contributed by atoms with Gasteiger partial charge in [-0.05, 0) is 49.6 Å². The maximum absolute atomic E-state index is 10.4. The summed E-state index contributed by atoms with van der Waals surface area (Å²) in [7, 11) is 0. The standard InChI is InChI=1S/C8H5Br3O2/c9-5-1-4(2-7(12)13)8(11)6(10)3-5/h1,3H,2H2,(H,12,13)/p-1. The molecule has 5 heteroatoms. The lowest BCUT2D eigenvalue weighted by molar-refractivity contribution is -0.304. The lowest BCUT2D eigenvalue weighted by Gasteiger charge is -2.07. The van der Waals surface area contributed by atoms with Crippen molar-refractivity contribution in [1.29, 1.82) is 0 Å². The monoisotopic (exact) mass is 369 g/mol. The molecule has 13 heavy (non-hydrogen) atoms. The second-order valence-electron chi connectivity index (χ2n) is 2.41. The molecule has 0 aliphatic heterocycles. The van der Waals surface area contributed by atoms with E-state index in [1.807, 2.05) is 6.07 Å². The Hall–Kier alpha value is 0.130. The highest BCUT2D eigenvalue weighted by Crippen LogP contribution is 2.30. The molecule has 0 radical (unpaired) electrons. The molecule has 0 atom stereocenters. The molecule has 0 spiro atoms. The minimum absolute atomic E-state index is 0.0986. The van der Waals surface area contributed by atoms with Crippen molar-refractivity contribution < 1.29 is 9.90 Å². The van der Waals surface area contributed by atoms with Crippen LogP contribution in [0.25, 0.3) is 0 Å². The zero-order chi connectivity index (χ0) is 10.0. The van der Waals surface area contributed by atoms with Gasteiger partial charge in [0.1, 0.15) is 0 Å². The van der Waals surface area contributed by atoms with Crippen LogP contribution in [0.2, 0.25) is 0 Å². The lowest BCUT2D eigenvalue weighted by atomic mass is 10.2. The van der Waals surface area contributed by atoms with Crippen molar-refractivity contribution in [1.82, 2.24) is 0 Å². The molecular weight excluding hydrogens is 368 g/mol. The predicted octanol–water partition coefficient (Wildman–Crippen LogP) is 2.27. The van der Waals surface area contributed by atoms with Gasteiger partial charge in [0, 0.05) is 25.8 Å². The average molecular weight is 372 g/mol. The molecule has 0 aromatic heterocycles. The second kappa shape index (κ2) is 4.57. The molecule has 0 unspecified atom stereocenters. The van der Waals surface area contributed by atoms with E-state index in [1.54, 1.807) is 6.07 Å². The summed E-state index contributed by atoms with van der Waals surface area (Å²) in [5.74, 6) is -1.09. The molecule has 70 valence electrons. The van der Waals surface area contributed by atoms with Crippen LogP contribution in [0.3, 0.4) is 0 Å². The minimum Gasteiger partial charge on any atom is -0.550 e. The molecule has 0 saturated heterocycles. The van der Waals surface area contributed by atoms with Crippen LogP contribution < -0.4 is 5.11 Å². The summed E-state index contributed by atoms with van der Waals surface area (Å²) in [6, 6.07) is 3.58. The highest BCUT2D eigenvalue weighted by molar-refractivity contribution is 9.13. The minimum atomic E-state index is -1.09. The fourth-order valence-corrected chi connectivity index (χ4v) is 2.58. The van der Waals surface area contributed by atoms with Gasteiger partial charge in [-0.2, -0.15) is 0 Å². The van der Waals surface area contributed by atoms with Crippen LogP contribution in [0, 0.1) is 0 Å². The quantitative estimate of drug-likeness (QED) is 0.748. The van der Waals surface area contributed by atoms with Gasteiger partial charge in [0.05, 0.1) is 0 Å². The number of aliphatic carboxylic acids is 1. The Morgan fingerprint density at radius 3 is 2.46 bits per heavy atom. The van der Waals surface area contributed by atoms with Crippen LogP contribution in [0.4, 0.5) is 0 Å². The maximum Gasteiger partial charge on any atom is 0.0458 e. The Labute approximate surface area is 101 Å². The third-order valence-corrected chi connectivity index (χ3v) is 3.95. The molecule has 0 N–H and O–H groups in total. The number of carboxylic acid groups (broad SMARTS) is 1. The van der Waals surface area contributed by atoms with Crippen molar-refractivity contribution in [2.75, 3.05) is 0 Å². The maximum atomic E-state index is 10.4. The van der Waals surface area contributed by atoms with Gasteiger partial charge >= 0.3 is 0 Å². The number of hydrogen-bond donors (Lipinski definition) is 0. The highest BCUT2D eigenvalue weighted by atomic mass is 79.9. The number of hydrogen-bond acceptors (Lipinski definition) is 2. The number of rotatable bonds is 2. The van der Waals surface area contributed by atoms with Gasteiger partial charge in [0.15, 0.2) is 0 Å². The van der Waals surface area contributed by atoms with Gasteiger partial charge in [0.25, 0.3) is 0 Å². The Morgan fingerprint density at radius 2 is 1.92 bits per heavy atom. The molecule has 0 saturated carbocycles. The Kier molecular flexibility index (Phi) is 3.94. The summed E-state index contributed by atoms with van der Waals surface area (Å²) in [5, 5.41) is 10.4. The topological polar surface area (TPSA) is 40.1 Å². The van der Waals surface area contributed by atoms with Crippen molar-refractivity contribution in [3.8, 4) is 0 Å². The summed E-state index contributed by atoms with van der Waals surface area (Å²) in [4.78, 5) is 10.4. The van der Waals surface area contributed by atoms with Gasteiger partial charge in [0.2, 0.25) is 0 Å². The largest absolute Gasteiger partial charge is 0.550 e. The number of carboxylic acids is 1. The van der Waals surface area contributed by atoms with E-state index in [-0.39, 0.29) is 6.42 Å². The smallest absolute Gasteiger partial charge is 0.0458 e. The molecule has 1 aromatic carbocycles. The highest BCUT2D eigenvalue weighted by Gasteiger charge is 2.05. The van der Waals surface area contributed by atoms with E-state index < -0.39 is 5.97 Å². The number of carbonyl (C=O) groups is 1. The first-order valence-corrected chi connectivity index (χ1v) is 5.72. The summed E-state index contributed by atoms with van der Waals surface area (Å²) in [6.45, 7) is 0. The van der Waals surface area contributed by atoms with Crippen molar-refractivity contribution in [3.63, 3.8) is 0 Å². The van der Waals surface area contributed by atoms with E-state index in [9.17, 15) is 9.90 Å². The van der Waals surface area contributed by atoms with Crippen LogP contribution in [0.15, 0.2) is 25.6 Å². The van der Waals surface area contributed by atoms with Crippen LogP contribution in [0.1, 0.15) is 5.56 Å². The van der Waals surface area contributed by atoms with E-state index in [0.717, 1.165) is 13.4 Å². The first-order chi connectivity index (χ1) is 6.00. The summed E-state index contributed by atoms with van der Waals surface area (Å²) in [6.07, 6.45) is -0.0986. The summed E-state index contributed by atoms with van der Waals surface area (Å²) < 4.78 is 2.40. The van der Waals surface area contributed by atoms with E-state index in [2.05, 4.69) is 47.8 Å². The van der Waals surface area contributed by atoms with Crippen molar-refractivity contribution in [3.05, 3.63) is 31.1 Å². The molecular formula is C8H4Br3O2-. The van der Waals surface area contributed by atoms with Gasteiger partial charge in [-0.3, -0.25) is 0 Å². The molecule has 1 rings (SSSR count). The van der Waals surface area contributed by atoms with Crippen molar-refractivity contribution >= 4 is 53.8 Å². The molecule has 0 fully saturated rings. The van der Waals surface area contributed by atoms with E-state index in [1.165, 1.54) is 0 Å². The molecule has 2 nitrogen and oxygen atoms in total. The van der Waals surface area contributed by atoms with Crippen LogP contribution in [0.5, 0.6) is 0 Å². The Bertz CT molecular complexity index is 349.